The predicted octanol–water partition coefficient (Wildman–Crippen LogP) is 1.63. The molecule has 0 saturated carbocycles. The van der Waals surface area contributed by atoms with Crippen LogP contribution in [-0.4, -0.2) is 25.5 Å². The van der Waals surface area contributed by atoms with Gasteiger partial charge in [-0.05, 0) is 13.8 Å². The zero-order valence-electron chi connectivity index (χ0n) is 8.62. The van der Waals surface area contributed by atoms with E-state index >= 15 is 0 Å². The van der Waals surface area contributed by atoms with Gasteiger partial charge in [0.05, 0.1) is 12.9 Å². The number of carbonyl (C=O) groups excluding carboxylic acids is 1. The van der Waals surface area contributed by atoms with Gasteiger partial charge >= 0.3 is 5.97 Å². The van der Waals surface area contributed by atoms with Crippen LogP contribution in [0.3, 0.4) is 0 Å². The van der Waals surface area contributed by atoms with Gasteiger partial charge in [0.15, 0.2) is 0 Å². The highest BCUT2D eigenvalue weighted by Gasteiger charge is 2.09. The Labute approximate surface area is 84.1 Å². The third kappa shape index (κ3) is 6.25. The molecule has 0 aliphatic carbocycles. The van der Waals surface area contributed by atoms with E-state index in [9.17, 15) is 4.79 Å². The lowest BCUT2D eigenvalue weighted by molar-refractivity contribution is -0.171. The van der Waals surface area contributed by atoms with Crippen molar-refractivity contribution >= 4 is 5.97 Å². The minimum absolute atomic E-state index is 0.344. The molecule has 0 rings (SSSR count). The van der Waals surface area contributed by atoms with Crippen LogP contribution in [0.4, 0.5) is 0 Å². The largest absolute Gasteiger partial charge is 0.499 e. The van der Waals surface area contributed by atoms with Gasteiger partial charge in [0, 0.05) is 5.57 Å². The summed E-state index contributed by atoms with van der Waals surface area (Å²) >= 11 is 0. The molecule has 0 fully saturated rings. The van der Waals surface area contributed by atoms with Crippen molar-refractivity contribution in [2.75, 3.05) is 13.2 Å². The first-order valence-corrected chi connectivity index (χ1v) is 4.28. The summed E-state index contributed by atoms with van der Waals surface area (Å²) in [4.78, 5) is 11.0. The molecule has 0 spiro atoms. The van der Waals surface area contributed by atoms with Crippen molar-refractivity contribution in [1.82, 2.24) is 0 Å². The molecule has 0 aliphatic rings. The molecule has 0 aromatic heterocycles. The smallest absolute Gasteiger partial charge is 0.335 e. The number of hydrogen-bond acceptors (Lipinski definition) is 4. The molecule has 1 unspecified atom stereocenters. The highest BCUT2D eigenvalue weighted by molar-refractivity contribution is 5.86. The maximum atomic E-state index is 11.0. The van der Waals surface area contributed by atoms with Crippen LogP contribution in [0.1, 0.15) is 13.8 Å². The molecule has 0 aliphatic heterocycles. The first-order chi connectivity index (χ1) is 6.57. The fourth-order valence-electron chi connectivity index (χ4n) is 0.631. The molecule has 0 heterocycles. The van der Waals surface area contributed by atoms with Crippen LogP contribution < -0.4 is 0 Å². The van der Waals surface area contributed by atoms with E-state index in [-0.39, 0.29) is 0 Å². The van der Waals surface area contributed by atoms with Crippen LogP contribution >= 0.6 is 0 Å². The van der Waals surface area contributed by atoms with Crippen LogP contribution in [-0.2, 0) is 19.0 Å². The molecule has 4 nitrogen and oxygen atoms in total. The average molecular weight is 200 g/mol. The fraction of sp³-hybridized carbons (Fsp3) is 0.500. The Morgan fingerprint density at radius 3 is 2.64 bits per heavy atom. The normalized spacial score (nSPS) is 11.6. The van der Waals surface area contributed by atoms with Crippen molar-refractivity contribution in [3.8, 4) is 0 Å². The van der Waals surface area contributed by atoms with Crippen molar-refractivity contribution in [3.05, 3.63) is 25.0 Å². The van der Waals surface area contributed by atoms with E-state index in [2.05, 4.69) is 13.2 Å². The summed E-state index contributed by atoms with van der Waals surface area (Å²) in [5, 5.41) is 0. The standard InChI is InChI=1S/C10H16O4/c1-5-12-6-7-13-9(4)14-10(11)8(2)3/h5,9H,1-2,6-7H2,3-4H3. The monoisotopic (exact) mass is 200 g/mol. The summed E-state index contributed by atoms with van der Waals surface area (Å²) < 4.78 is 14.8. The summed E-state index contributed by atoms with van der Waals surface area (Å²) in [6.45, 7) is 10.8. The van der Waals surface area contributed by atoms with Gasteiger partial charge in [-0.3, -0.25) is 0 Å². The van der Waals surface area contributed by atoms with Crippen molar-refractivity contribution in [1.29, 1.82) is 0 Å². The second kappa shape index (κ2) is 7.15. The quantitative estimate of drug-likeness (QED) is 0.206. The molecule has 0 radical (unpaired) electrons. The Kier molecular flexibility index (Phi) is 6.49. The summed E-state index contributed by atoms with van der Waals surface area (Å²) in [6, 6.07) is 0. The topological polar surface area (TPSA) is 44.8 Å². The van der Waals surface area contributed by atoms with Crippen LogP contribution in [0.2, 0.25) is 0 Å². The first kappa shape index (κ1) is 12.7. The lowest BCUT2D eigenvalue weighted by Gasteiger charge is -2.13. The number of ether oxygens (including phenoxy) is 3. The zero-order chi connectivity index (χ0) is 11.0. The second-order valence-electron chi connectivity index (χ2n) is 2.66. The van der Waals surface area contributed by atoms with Gasteiger partial charge in [0.25, 0.3) is 0 Å². The van der Waals surface area contributed by atoms with E-state index < -0.39 is 12.3 Å². The Bertz CT molecular complexity index is 210. The van der Waals surface area contributed by atoms with Crippen LogP contribution in [0.5, 0.6) is 0 Å². The second-order valence-corrected chi connectivity index (χ2v) is 2.66. The van der Waals surface area contributed by atoms with E-state index in [1.54, 1.807) is 13.8 Å². The molecule has 4 heteroatoms. The van der Waals surface area contributed by atoms with E-state index in [4.69, 9.17) is 14.2 Å². The van der Waals surface area contributed by atoms with E-state index in [1.165, 1.54) is 6.26 Å². The SMILES string of the molecule is C=COCCOC(C)OC(=O)C(=C)C. The van der Waals surface area contributed by atoms with Crippen LogP contribution in [0.15, 0.2) is 25.0 Å². The third-order valence-electron chi connectivity index (χ3n) is 1.29. The van der Waals surface area contributed by atoms with Gasteiger partial charge in [-0.2, -0.15) is 0 Å². The number of hydrogen-bond donors (Lipinski definition) is 0. The number of carbonyl (C=O) groups is 1. The third-order valence-corrected chi connectivity index (χ3v) is 1.29. The van der Waals surface area contributed by atoms with Gasteiger partial charge in [-0.1, -0.05) is 13.2 Å². The predicted molar refractivity (Wildman–Crippen MR) is 52.5 cm³/mol. The molecular weight excluding hydrogens is 184 g/mol. The van der Waals surface area contributed by atoms with Gasteiger partial charge in [-0.25, -0.2) is 4.79 Å². The average Bonchev–Trinajstić information content (AvgIpc) is 2.12. The van der Waals surface area contributed by atoms with Gasteiger partial charge < -0.3 is 14.2 Å². The Morgan fingerprint density at radius 1 is 1.50 bits per heavy atom. The molecule has 0 amide bonds. The van der Waals surface area contributed by atoms with Crippen LogP contribution in [0.25, 0.3) is 0 Å². The lowest BCUT2D eigenvalue weighted by Crippen LogP contribution is -2.20. The zero-order valence-corrected chi connectivity index (χ0v) is 8.62. The maximum Gasteiger partial charge on any atom is 0.335 e. The molecule has 0 aromatic rings. The van der Waals surface area contributed by atoms with Crippen LogP contribution in [0, 0.1) is 0 Å². The summed E-state index contributed by atoms with van der Waals surface area (Å²) in [5.41, 5.74) is 0.350. The minimum atomic E-state index is -0.590. The summed E-state index contributed by atoms with van der Waals surface area (Å²) in [7, 11) is 0. The lowest BCUT2D eigenvalue weighted by atomic mass is 10.4. The highest BCUT2D eigenvalue weighted by atomic mass is 16.7. The molecule has 0 saturated heterocycles. The molecule has 80 valence electrons. The Balaban J connectivity index is 3.54. The summed E-state index contributed by atoms with van der Waals surface area (Å²) in [5.74, 6) is -0.456. The highest BCUT2D eigenvalue weighted by Crippen LogP contribution is 1.99. The van der Waals surface area contributed by atoms with E-state index in [1.807, 2.05) is 0 Å². The van der Waals surface area contributed by atoms with Crippen molar-refractivity contribution in [3.63, 3.8) is 0 Å². The number of rotatable bonds is 7. The molecular formula is C10H16O4. The van der Waals surface area contributed by atoms with Crippen molar-refractivity contribution < 1.29 is 19.0 Å². The number of esters is 1. The molecule has 0 aromatic carbocycles. The van der Waals surface area contributed by atoms with Gasteiger partial charge in [-0.15, -0.1) is 0 Å². The van der Waals surface area contributed by atoms with Gasteiger partial charge in [0.2, 0.25) is 6.29 Å². The molecule has 0 N–H and O–H groups in total. The van der Waals surface area contributed by atoms with Crippen molar-refractivity contribution in [2.24, 2.45) is 0 Å². The maximum absolute atomic E-state index is 11.0. The minimum Gasteiger partial charge on any atom is -0.499 e. The van der Waals surface area contributed by atoms with E-state index in [0.29, 0.717) is 18.8 Å². The Hall–Kier alpha value is -1.29. The van der Waals surface area contributed by atoms with Crippen molar-refractivity contribution in [2.45, 2.75) is 20.1 Å². The van der Waals surface area contributed by atoms with Gasteiger partial charge in [0.1, 0.15) is 6.61 Å². The summed E-state index contributed by atoms with van der Waals surface area (Å²) in [6.07, 6.45) is 0.737. The first-order valence-electron chi connectivity index (χ1n) is 4.28. The van der Waals surface area contributed by atoms with E-state index in [0.717, 1.165) is 0 Å². The molecule has 0 bridgehead atoms. The molecule has 14 heavy (non-hydrogen) atoms. The molecule has 1 atom stereocenters. The Morgan fingerprint density at radius 2 is 2.14 bits per heavy atom. The fourth-order valence-corrected chi connectivity index (χ4v) is 0.631.